The molecule has 0 spiro atoms. The SMILES string of the molecule is Cc1cc(-c2nc(N)nc(C)c2C)ccn1. The Hall–Kier alpha value is -1.97. The summed E-state index contributed by atoms with van der Waals surface area (Å²) < 4.78 is 0. The van der Waals surface area contributed by atoms with Crippen LogP contribution < -0.4 is 5.73 Å². The molecule has 4 heteroatoms. The molecule has 0 fully saturated rings. The van der Waals surface area contributed by atoms with Crippen molar-refractivity contribution < 1.29 is 0 Å². The quantitative estimate of drug-likeness (QED) is 0.789. The Bertz CT molecular complexity index is 535. The summed E-state index contributed by atoms with van der Waals surface area (Å²) in [6.07, 6.45) is 1.78. The Morgan fingerprint density at radius 3 is 2.56 bits per heavy atom. The first-order valence-electron chi connectivity index (χ1n) is 5.11. The predicted octanol–water partition coefficient (Wildman–Crippen LogP) is 2.05. The van der Waals surface area contributed by atoms with Gasteiger partial charge in [0.2, 0.25) is 5.95 Å². The van der Waals surface area contributed by atoms with Crippen molar-refractivity contribution in [2.75, 3.05) is 5.73 Å². The van der Waals surface area contributed by atoms with E-state index in [1.54, 1.807) is 6.20 Å². The van der Waals surface area contributed by atoms with Gasteiger partial charge in [-0.1, -0.05) is 0 Å². The van der Waals surface area contributed by atoms with Gasteiger partial charge in [-0.2, -0.15) is 0 Å². The smallest absolute Gasteiger partial charge is 0.220 e. The lowest BCUT2D eigenvalue weighted by Gasteiger charge is -2.08. The summed E-state index contributed by atoms with van der Waals surface area (Å²) in [6, 6.07) is 3.93. The number of pyridine rings is 1. The topological polar surface area (TPSA) is 64.7 Å². The molecule has 16 heavy (non-hydrogen) atoms. The lowest BCUT2D eigenvalue weighted by atomic mass is 10.1. The van der Waals surface area contributed by atoms with Gasteiger partial charge in [-0.05, 0) is 38.5 Å². The molecular weight excluding hydrogens is 200 g/mol. The average molecular weight is 214 g/mol. The number of aryl methyl sites for hydroxylation is 2. The van der Waals surface area contributed by atoms with Crippen LogP contribution in [0.3, 0.4) is 0 Å². The summed E-state index contributed by atoms with van der Waals surface area (Å²) in [5, 5.41) is 0. The molecule has 2 rings (SSSR count). The van der Waals surface area contributed by atoms with E-state index in [1.807, 2.05) is 32.9 Å². The number of aromatic nitrogens is 3. The zero-order chi connectivity index (χ0) is 11.7. The Morgan fingerprint density at radius 1 is 1.12 bits per heavy atom. The first-order valence-corrected chi connectivity index (χ1v) is 5.11. The highest BCUT2D eigenvalue weighted by molar-refractivity contribution is 5.64. The van der Waals surface area contributed by atoms with Crippen molar-refractivity contribution in [3.05, 3.63) is 35.3 Å². The van der Waals surface area contributed by atoms with Gasteiger partial charge in [-0.15, -0.1) is 0 Å². The van der Waals surface area contributed by atoms with E-state index in [0.717, 1.165) is 28.2 Å². The van der Waals surface area contributed by atoms with Crippen LogP contribution in [0.15, 0.2) is 18.3 Å². The van der Waals surface area contributed by atoms with Crippen molar-refractivity contribution in [2.45, 2.75) is 20.8 Å². The van der Waals surface area contributed by atoms with E-state index in [-0.39, 0.29) is 0 Å². The van der Waals surface area contributed by atoms with Crippen LogP contribution >= 0.6 is 0 Å². The van der Waals surface area contributed by atoms with E-state index in [4.69, 9.17) is 5.73 Å². The molecule has 0 atom stereocenters. The van der Waals surface area contributed by atoms with E-state index < -0.39 is 0 Å². The largest absolute Gasteiger partial charge is 0.368 e. The van der Waals surface area contributed by atoms with E-state index in [9.17, 15) is 0 Å². The van der Waals surface area contributed by atoms with Crippen molar-refractivity contribution in [3.8, 4) is 11.3 Å². The van der Waals surface area contributed by atoms with Gasteiger partial charge in [0.1, 0.15) is 0 Å². The third kappa shape index (κ3) is 1.86. The van der Waals surface area contributed by atoms with Crippen LogP contribution in [0.5, 0.6) is 0 Å². The van der Waals surface area contributed by atoms with Crippen molar-refractivity contribution in [2.24, 2.45) is 0 Å². The highest BCUT2D eigenvalue weighted by Gasteiger charge is 2.08. The predicted molar refractivity (Wildman–Crippen MR) is 63.9 cm³/mol. The van der Waals surface area contributed by atoms with Gasteiger partial charge in [0.15, 0.2) is 0 Å². The second kappa shape index (κ2) is 3.89. The lowest BCUT2D eigenvalue weighted by molar-refractivity contribution is 1.08. The standard InChI is InChI=1S/C12H14N4/c1-7-6-10(4-5-14-7)11-8(2)9(3)15-12(13)16-11/h4-6H,1-3H3,(H2,13,15,16). The number of nitrogens with two attached hydrogens (primary N) is 1. The molecule has 2 aromatic rings. The van der Waals surface area contributed by atoms with Gasteiger partial charge in [0.05, 0.1) is 5.69 Å². The molecule has 0 radical (unpaired) electrons. The molecule has 0 aliphatic rings. The summed E-state index contributed by atoms with van der Waals surface area (Å²) in [7, 11) is 0. The second-order valence-corrected chi connectivity index (χ2v) is 3.83. The van der Waals surface area contributed by atoms with Crippen LogP contribution in [-0.4, -0.2) is 15.0 Å². The van der Waals surface area contributed by atoms with Gasteiger partial charge < -0.3 is 5.73 Å². The molecule has 2 N–H and O–H groups in total. The maximum atomic E-state index is 5.67. The minimum atomic E-state index is 0.313. The van der Waals surface area contributed by atoms with Gasteiger partial charge in [0.25, 0.3) is 0 Å². The molecule has 2 aromatic heterocycles. The average Bonchev–Trinajstić information content (AvgIpc) is 2.23. The fraction of sp³-hybridized carbons (Fsp3) is 0.250. The van der Waals surface area contributed by atoms with Crippen LogP contribution in [0.25, 0.3) is 11.3 Å². The normalized spacial score (nSPS) is 10.4. The molecule has 82 valence electrons. The minimum Gasteiger partial charge on any atom is -0.368 e. The summed E-state index contributed by atoms with van der Waals surface area (Å²) in [4.78, 5) is 12.6. The molecular formula is C12H14N4. The number of nitrogen functional groups attached to an aromatic ring is 1. The Labute approximate surface area is 94.6 Å². The van der Waals surface area contributed by atoms with E-state index in [1.165, 1.54) is 0 Å². The maximum Gasteiger partial charge on any atom is 0.220 e. The third-order valence-electron chi connectivity index (χ3n) is 2.58. The summed E-state index contributed by atoms with van der Waals surface area (Å²) in [6.45, 7) is 5.89. The monoisotopic (exact) mass is 214 g/mol. The molecule has 0 amide bonds. The number of hydrogen-bond acceptors (Lipinski definition) is 4. The number of rotatable bonds is 1. The summed E-state index contributed by atoms with van der Waals surface area (Å²) in [5.41, 5.74) is 10.5. The molecule has 0 saturated carbocycles. The summed E-state index contributed by atoms with van der Waals surface area (Å²) >= 11 is 0. The Balaban J connectivity index is 2.64. The van der Waals surface area contributed by atoms with Crippen LogP contribution in [0.2, 0.25) is 0 Å². The molecule has 0 aromatic carbocycles. The highest BCUT2D eigenvalue weighted by Crippen LogP contribution is 2.23. The molecule has 4 nitrogen and oxygen atoms in total. The Kier molecular flexibility index (Phi) is 2.56. The van der Waals surface area contributed by atoms with Gasteiger partial charge in [-0.3, -0.25) is 4.98 Å². The summed E-state index contributed by atoms with van der Waals surface area (Å²) in [5.74, 6) is 0.313. The van der Waals surface area contributed by atoms with Crippen molar-refractivity contribution in [1.82, 2.24) is 15.0 Å². The first-order chi connectivity index (χ1) is 7.58. The van der Waals surface area contributed by atoms with Crippen LogP contribution in [0.4, 0.5) is 5.95 Å². The van der Waals surface area contributed by atoms with Gasteiger partial charge >= 0.3 is 0 Å². The zero-order valence-corrected chi connectivity index (χ0v) is 9.65. The first kappa shape index (κ1) is 10.5. The number of hydrogen-bond donors (Lipinski definition) is 1. The molecule has 0 unspecified atom stereocenters. The van der Waals surface area contributed by atoms with Crippen molar-refractivity contribution in [1.29, 1.82) is 0 Å². The van der Waals surface area contributed by atoms with E-state index in [0.29, 0.717) is 5.95 Å². The van der Waals surface area contributed by atoms with Crippen LogP contribution in [0, 0.1) is 20.8 Å². The van der Waals surface area contributed by atoms with Crippen molar-refractivity contribution in [3.63, 3.8) is 0 Å². The fourth-order valence-corrected chi connectivity index (χ4v) is 1.62. The fourth-order valence-electron chi connectivity index (χ4n) is 1.62. The van der Waals surface area contributed by atoms with Gasteiger partial charge in [-0.25, -0.2) is 9.97 Å². The highest BCUT2D eigenvalue weighted by atomic mass is 15.0. The Morgan fingerprint density at radius 2 is 1.88 bits per heavy atom. The maximum absolute atomic E-state index is 5.67. The van der Waals surface area contributed by atoms with Crippen LogP contribution in [-0.2, 0) is 0 Å². The zero-order valence-electron chi connectivity index (χ0n) is 9.65. The van der Waals surface area contributed by atoms with Crippen LogP contribution in [0.1, 0.15) is 17.0 Å². The third-order valence-corrected chi connectivity index (χ3v) is 2.58. The lowest BCUT2D eigenvalue weighted by Crippen LogP contribution is -2.02. The molecule has 0 saturated heterocycles. The minimum absolute atomic E-state index is 0.313. The molecule has 0 aliphatic heterocycles. The second-order valence-electron chi connectivity index (χ2n) is 3.83. The van der Waals surface area contributed by atoms with Crippen molar-refractivity contribution >= 4 is 5.95 Å². The number of nitrogens with zero attached hydrogens (tertiary/aromatic N) is 3. The number of anilines is 1. The molecule has 0 bridgehead atoms. The van der Waals surface area contributed by atoms with E-state index >= 15 is 0 Å². The van der Waals surface area contributed by atoms with Gasteiger partial charge in [0, 0.05) is 23.1 Å². The molecule has 0 aliphatic carbocycles. The molecule has 2 heterocycles. The van der Waals surface area contributed by atoms with E-state index in [2.05, 4.69) is 15.0 Å².